The third kappa shape index (κ3) is 3.55. The van der Waals surface area contributed by atoms with Crippen LogP contribution in [0.4, 0.5) is 0 Å². The molecule has 1 aromatic heterocycles. The Hall–Kier alpha value is -1.92. The van der Waals surface area contributed by atoms with E-state index in [1.54, 1.807) is 6.07 Å². The van der Waals surface area contributed by atoms with E-state index < -0.39 is 5.91 Å². The van der Waals surface area contributed by atoms with Crippen LogP contribution in [0, 0.1) is 0 Å². The number of hydrogen-bond acceptors (Lipinski definition) is 4. The third-order valence-electron chi connectivity index (χ3n) is 5.02. The highest BCUT2D eigenvalue weighted by Crippen LogP contribution is 2.34. The van der Waals surface area contributed by atoms with Crippen molar-refractivity contribution in [3.8, 4) is 0 Å². The van der Waals surface area contributed by atoms with Crippen LogP contribution in [0.25, 0.3) is 11.0 Å². The van der Waals surface area contributed by atoms with Gasteiger partial charge in [0.05, 0.1) is 17.1 Å². The molecule has 2 aromatic rings. The predicted molar refractivity (Wildman–Crippen MR) is 101 cm³/mol. The van der Waals surface area contributed by atoms with Gasteiger partial charge < -0.3 is 15.2 Å². The van der Waals surface area contributed by atoms with E-state index in [0.29, 0.717) is 11.6 Å². The fraction of sp³-hybridized carbons (Fsp3) is 0.579. The number of nitrogens with two attached hydrogens (primary N) is 1. The number of rotatable bonds is 7. The second kappa shape index (κ2) is 7.54. The van der Waals surface area contributed by atoms with Gasteiger partial charge in [-0.25, -0.2) is 4.98 Å². The summed E-state index contributed by atoms with van der Waals surface area (Å²) in [6, 6.07) is 6.05. The summed E-state index contributed by atoms with van der Waals surface area (Å²) in [7, 11) is 4.15. The van der Waals surface area contributed by atoms with E-state index in [2.05, 4.69) is 35.4 Å². The molecular formula is C19H29N5O. The molecule has 0 aliphatic carbocycles. The van der Waals surface area contributed by atoms with Crippen molar-refractivity contribution in [3.63, 3.8) is 0 Å². The second-order valence-electron chi connectivity index (χ2n) is 7.16. The minimum Gasteiger partial charge on any atom is -0.366 e. The lowest BCUT2D eigenvalue weighted by molar-refractivity contribution is 0.100. The number of primary amides is 1. The van der Waals surface area contributed by atoms with Crippen molar-refractivity contribution in [2.45, 2.75) is 38.8 Å². The first-order valence-corrected chi connectivity index (χ1v) is 9.20. The van der Waals surface area contributed by atoms with E-state index in [1.165, 1.54) is 6.42 Å². The van der Waals surface area contributed by atoms with Crippen LogP contribution in [0.2, 0.25) is 0 Å². The smallest absolute Gasteiger partial charge is 0.250 e. The normalized spacial score (nSPS) is 18.5. The first-order chi connectivity index (χ1) is 12.0. The number of imidazole rings is 1. The minimum absolute atomic E-state index is 0.329. The standard InChI is InChI=1S/C19H29N5O/c1-4-10-23-11-6-9-16(23)19-21-17-14(18(20)25)7-5-8-15(17)24(19)13-12-22(2)3/h5,7-8,16H,4,6,9-13H2,1-3H3,(H2,20,25). The fourth-order valence-corrected chi connectivity index (χ4v) is 3.83. The SMILES string of the molecule is CCCN1CCCC1c1nc2c(C(N)=O)cccc2n1CCN(C)C. The molecule has 3 rings (SSSR count). The lowest BCUT2D eigenvalue weighted by atomic mass is 10.2. The highest BCUT2D eigenvalue weighted by Gasteiger charge is 2.30. The Labute approximate surface area is 149 Å². The zero-order chi connectivity index (χ0) is 18.0. The van der Waals surface area contributed by atoms with Crippen molar-refractivity contribution in [1.29, 1.82) is 0 Å². The summed E-state index contributed by atoms with van der Waals surface area (Å²) >= 11 is 0. The van der Waals surface area contributed by atoms with Crippen LogP contribution >= 0.6 is 0 Å². The van der Waals surface area contributed by atoms with E-state index in [9.17, 15) is 4.79 Å². The van der Waals surface area contributed by atoms with E-state index in [1.807, 2.05) is 12.1 Å². The van der Waals surface area contributed by atoms with Crippen molar-refractivity contribution in [3.05, 3.63) is 29.6 Å². The molecule has 25 heavy (non-hydrogen) atoms. The van der Waals surface area contributed by atoms with Gasteiger partial charge in [-0.05, 0) is 58.6 Å². The lowest BCUT2D eigenvalue weighted by Crippen LogP contribution is -2.27. The van der Waals surface area contributed by atoms with E-state index in [0.717, 1.165) is 55.9 Å². The zero-order valence-electron chi connectivity index (χ0n) is 15.5. The highest BCUT2D eigenvalue weighted by molar-refractivity contribution is 6.04. The average Bonchev–Trinajstić information content (AvgIpc) is 3.16. The Morgan fingerprint density at radius 3 is 2.84 bits per heavy atom. The maximum Gasteiger partial charge on any atom is 0.250 e. The van der Waals surface area contributed by atoms with E-state index in [4.69, 9.17) is 10.7 Å². The lowest BCUT2D eigenvalue weighted by Gasteiger charge is -2.24. The van der Waals surface area contributed by atoms with Gasteiger partial charge in [-0.15, -0.1) is 0 Å². The maximum atomic E-state index is 11.8. The number of amides is 1. The van der Waals surface area contributed by atoms with Gasteiger partial charge in [0.2, 0.25) is 0 Å². The molecule has 1 fully saturated rings. The van der Waals surface area contributed by atoms with Crippen LogP contribution in [0.1, 0.15) is 48.4 Å². The van der Waals surface area contributed by atoms with Crippen LogP contribution < -0.4 is 5.73 Å². The minimum atomic E-state index is -0.411. The Morgan fingerprint density at radius 1 is 1.36 bits per heavy atom. The quantitative estimate of drug-likeness (QED) is 0.837. The molecule has 2 heterocycles. The predicted octanol–water partition coefficient (Wildman–Crippen LogP) is 2.24. The van der Waals surface area contributed by atoms with Crippen LogP contribution in [-0.2, 0) is 6.54 Å². The van der Waals surface area contributed by atoms with Crippen LogP contribution in [0.5, 0.6) is 0 Å². The molecule has 0 bridgehead atoms. The molecule has 0 spiro atoms. The molecule has 0 saturated carbocycles. The number of fused-ring (bicyclic) bond motifs is 1. The summed E-state index contributed by atoms with van der Waals surface area (Å²) in [5.41, 5.74) is 7.85. The van der Waals surface area contributed by atoms with Gasteiger partial charge in [-0.1, -0.05) is 13.0 Å². The summed E-state index contributed by atoms with van der Waals surface area (Å²) in [4.78, 5) is 21.5. The number of likely N-dealkylation sites (N-methyl/N-ethyl adjacent to an activating group) is 1. The number of para-hydroxylation sites is 1. The first-order valence-electron chi connectivity index (χ1n) is 9.20. The number of likely N-dealkylation sites (tertiary alicyclic amines) is 1. The van der Waals surface area contributed by atoms with Gasteiger partial charge >= 0.3 is 0 Å². The molecule has 1 unspecified atom stereocenters. The summed E-state index contributed by atoms with van der Waals surface area (Å²) in [5, 5.41) is 0. The topological polar surface area (TPSA) is 67.4 Å². The number of hydrogen-bond donors (Lipinski definition) is 1. The molecule has 1 aliphatic rings. The van der Waals surface area contributed by atoms with Crippen molar-refractivity contribution in [2.24, 2.45) is 5.73 Å². The molecule has 2 N–H and O–H groups in total. The van der Waals surface area contributed by atoms with Gasteiger partial charge in [0.15, 0.2) is 0 Å². The number of nitrogens with zero attached hydrogens (tertiary/aromatic N) is 4. The molecule has 1 aliphatic heterocycles. The van der Waals surface area contributed by atoms with Gasteiger partial charge in [-0.2, -0.15) is 0 Å². The third-order valence-corrected chi connectivity index (χ3v) is 5.02. The maximum absolute atomic E-state index is 11.8. The van der Waals surface area contributed by atoms with Crippen molar-refractivity contribution in [2.75, 3.05) is 33.7 Å². The average molecular weight is 343 g/mol. The molecule has 6 nitrogen and oxygen atoms in total. The van der Waals surface area contributed by atoms with Crippen molar-refractivity contribution >= 4 is 16.9 Å². The number of benzene rings is 1. The van der Waals surface area contributed by atoms with Crippen molar-refractivity contribution in [1.82, 2.24) is 19.4 Å². The monoisotopic (exact) mass is 343 g/mol. The van der Waals surface area contributed by atoms with Gasteiger partial charge in [-0.3, -0.25) is 9.69 Å². The summed E-state index contributed by atoms with van der Waals surface area (Å²) in [6.07, 6.45) is 3.46. The Kier molecular flexibility index (Phi) is 5.39. The summed E-state index contributed by atoms with van der Waals surface area (Å²) in [5.74, 6) is 0.669. The number of carbonyl (C=O) groups excluding carboxylic acids is 1. The number of aromatic nitrogens is 2. The second-order valence-corrected chi connectivity index (χ2v) is 7.16. The molecule has 1 atom stereocenters. The molecular weight excluding hydrogens is 314 g/mol. The van der Waals surface area contributed by atoms with Crippen LogP contribution in [-0.4, -0.2) is 59.0 Å². The molecule has 1 aromatic carbocycles. The molecule has 6 heteroatoms. The Balaban J connectivity index is 2.10. The largest absolute Gasteiger partial charge is 0.366 e. The first kappa shape index (κ1) is 17.9. The Bertz CT molecular complexity index is 752. The van der Waals surface area contributed by atoms with Crippen LogP contribution in [0.15, 0.2) is 18.2 Å². The fourth-order valence-electron chi connectivity index (χ4n) is 3.83. The molecule has 136 valence electrons. The highest BCUT2D eigenvalue weighted by atomic mass is 16.1. The molecule has 1 amide bonds. The number of carbonyl (C=O) groups is 1. The van der Waals surface area contributed by atoms with Crippen LogP contribution in [0.3, 0.4) is 0 Å². The summed E-state index contributed by atoms with van der Waals surface area (Å²) < 4.78 is 2.29. The zero-order valence-corrected chi connectivity index (χ0v) is 15.5. The van der Waals surface area contributed by atoms with E-state index in [-0.39, 0.29) is 0 Å². The molecule has 1 saturated heterocycles. The van der Waals surface area contributed by atoms with Gasteiger partial charge in [0, 0.05) is 13.1 Å². The summed E-state index contributed by atoms with van der Waals surface area (Å²) in [6.45, 7) is 6.22. The van der Waals surface area contributed by atoms with Gasteiger partial charge in [0.25, 0.3) is 5.91 Å². The van der Waals surface area contributed by atoms with Gasteiger partial charge in [0.1, 0.15) is 11.3 Å². The van der Waals surface area contributed by atoms with E-state index >= 15 is 0 Å². The van der Waals surface area contributed by atoms with Crippen molar-refractivity contribution < 1.29 is 4.79 Å². The molecule has 0 radical (unpaired) electrons. The Morgan fingerprint density at radius 2 is 2.16 bits per heavy atom.